The molecule has 0 fully saturated rings. The SMILES string of the molecule is C[Si](C)(c1ccccc1)c1sc(Cl)c(Cl)c1Cl. The molecule has 0 saturated carbocycles. The van der Waals surface area contributed by atoms with E-state index in [-0.39, 0.29) is 0 Å². The van der Waals surface area contributed by atoms with E-state index in [0.29, 0.717) is 14.4 Å². The van der Waals surface area contributed by atoms with Crippen molar-refractivity contribution in [2.75, 3.05) is 0 Å². The van der Waals surface area contributed by atoms with Crippen LogP contribution in [0.3, 0.4) is 0 Å². The lowest BCUT2D eigenvalue weighted by molar-refractivity contribution is 1.71. The Morgan fingerprint density at radius 2 is 1.53 bits per heavy atom. The van der Waals surface area contributed by atoms with E-state index in [0.717, 1.165) is 4.50 Å². The first-order valence-corrected chi connectivity index (χ1v) is 10.1. The molecule has 0 nitrogen and oxygen atoms in total. The van der Waals surface area contributed by atoms with Crippen molar-refractivity contribution in [1.82, 2.24) is 0 Å². The predicted molar refractivity (Wildman–Crippen MR) is 82.5 cm³/mol. The largest absolute Gasteiger partial charge is 0.130 e. The third kappa shape index (κ3) is 2.42. The summed E-state index contributed by atoms with van der Waals surface area (Å²) in [4.78, 5) is 0. The normalized spacial score (nSPS) is 11.8. The minimum Gasteiger partial charge on any atom is -0.130 e. The van der Waals surface area contributed by atoms with Crippen molar-refractivity contribution in [2.45, 2.75) is 13.1 Å². The molecule has 1 aromatic carbocycles. The summed E-state index contributed by atoms with van der Waals surface area (Å²) in [6.45, 7) is 4.51. The molecule has 2 rings (SSSR count). The summed E-state index contributed by atoms with van der Waals surface area (Å²) in [7, 11) is -1.79. The van der Waals surface area contributed by atoms with Gasteiger partial charge < -0.3 is 0 Å². The summed E-state index contributed by atoms with van der Waals surface area (Å²) in [6.07, 6.45) is 0. The fourth-order valence-corrected chi connectivity index (χ4v) is 7.85. The van der Waals surface area contributed by atoms with E-state index < -0.39 is 8.07 Å². The van der Waals surface area contributed by atoms with Gasteiger partial charge in [-0.2, -0.15) is 0 Å². The van der Waals surface area contributed by atoms with Gasteiger partial charge in [0, 0.05) is 4.50 Å². The van der Waals surface area contributed by atoms with Gasteiger partial charge in [0.1, 0.15) is 12.4 Å². The lowest BCUT2D eigenvalue weighted by atomic mass is 10.4. The highest BCUT2D eigenvalue weighted by atomic mass is 35.5. The quantitative estimate of drug-likeness (QED) is 0.713. The fourth-order valence-electron chi connectivity index (χ4n) is 1.75. The highest BCUT2D eigenvalue weighted by Gasteiger charge is 2.32. The number of benzene rings is 1. The topological polar surface area (TPSA) is 0 Å². The Labute approximate surface area is 121 Å². The van der Waals surface area contributed by atoms with Crippen molar-refractivity contribution in [2.24, 2.45) is 0 Å². The average Bonchev–Trinajstić information content (AvgIpc) is 2.59. The zero-order valence-electron chi connectivity index (χ0n) is 9.43. The third-order valence-electron chi connectivity index (χ3n) is 2.82. The van der Waals surface area contributed by atoms with Crippen LogP contribution in [0.1, 0.15) is 0 Å². The Bertz CT molecular complexity index is 534. The molecule has 5 heteroatoms. The number of rotatable bonds is 2. The van der Waals surface area contributed by atoms with Crippen LogP contribution in [0.2, 0.25) is 27.5 Å². The summed E-state index contributed by atoms with van der Waals surface area (Å²) >= 11 is 19.9. The summed E-state index contributed by atoms with van der Waals surface area (Å²) in [6, 6.07) is 10.4. The summed E-state index contributed by atoms with van der Waals surface area (Å²) in [5, 5.41) is 2.45. The number of thiophene rings is 1. The maximum Gasteiger partial charge on any atom is 0.126 e. The van der Waals surface area contributed by atoms with Crippen LogP contribution in [-0.2, 0) is 0 Å². The van der Waals surface area contributed by atoms with Gasteiger partial charge in [-0.3, -0.25) is 0 Å². The van der Waals surface area contributed by atoms with Gasteiger partial charge in [-0.25, -0.2) is 0 Å². The van der Waals surface area contributed by atoms with Crippen LogP contribution >= 0.6 is 46.1 Å². The van der Waals surface area contributed by atoms with Gasteiger partial charge in [0.2, 0.25) is 0 Å². The molecule has 0 aliphatic heterocycles. The molecule has 0 bridgehead atoms. The highest BCUT2D eigenvalue weighted by molar-refractivity contribution is 7.32. The molecular formula is C12H11Cl3SSi. The molecule has 0 atom stereocenters. The zero-order valence-corrected chi connectivity index (χ0v) is 13.5. The van der Waals surface area contributed by atoms with Crippen LogP contribution in [-0.4, -0.2) is 8.07 Å². The van der Waals surface area contributed by atoms with Crippen molar-refractivity contribution in [1.29, 1.82) is 0 Å². The number of hydrogen-bond acceptors (Lipinski definition) is 1. The summed E-state index contributed by atoms with van der Waals surface area (Å²) in [5.74, 6) is 0. The van der Waals surface area contributed by atoms with Crippen molar-refractivity contribution < 1.29 is 0 Å². The first-order chi connectivity index (χ1) is 7.94. The molecule has 1 heterocycles. The van der Waals surface area contributed by atoms with E-state index >= 15 is 0 Å². The van der Waals surface area contributed by atoms with Crippen LogP contribution < -0.4 is 9.69 Å². The molecule has 2 aromatic rings. The second-order valence-corrected chi connectivity index (χ2v) is 11.4. The van der Waals surface area contributed by atoms with Crippen LogP contribution in [0.4, 0.5) is 0 Å². The Balaban J connectivity index is 2.56. The maximum atomic E-state index is 6.28. The molecule has 17 heavy (non-hydrogen) atoms. The fraction of sp³-hybridized carbons (Fsp3) is 0.167. The second-order valence-electron chi connectivity index (χ2n) is 4.32. The van der Waals surface area contributed by atoms with Crippen LogP contribution in [0.5, 0.6) is 0 Å². The van der Waals surface area contributed by atoms with Gasteiger partial charge >= 0.3 is 0 Å². The third-order valence-corrected chi connectivity index (χ3v) is 10.4. The predicted octanol–water partition coefficient (Wildman–Crippen LogP) is 4.53. The Hall–Kier alpha value is 0.00688. The standard InChI is InChI=1S/C12H11Cl3SSi/c1-17(2,8-6-4-3-5-7-8)12-10(14)9(13)11(15)16-12/h3-7H,1-2H3. The minimum absolute atomic E-state index is 0.491. The Kier molecular flexibility index (Phi) is 3.91. The summed E-state index contributed by atoms with van der Waals surface area (Å²) < 4.78 is 1.73. The molecule has 0 spiro atoms. The first-order valence-electron chi connectivity index (χ1n) is 5.14. The van der Waals surface area contributed by atoms with E-state index in [1.807, 2.05) is 6.07 Å². The van der Waals surface area contributed by atoms with Gasteiger partial charge in [0.25, 0.3) is 0 Å². The number of halogens is 3. The average molecular weight is 322 g/mol. The van der Waals surface area contributed by atoms with E-state index in [4.69, 9.17) is 34.8 Å². The molecular weight excluding hydrogens is 311 g/mol. The molecule has 0 radical (unpaired) electrons. The van der Waals surface area contributed by atoms with Crippen molar-refractivity contribution in [3.8, 4) is 0 Å². The smallest absolute Gasteiger partial charge is 0.126 e. The Morgan fingerprint density at radius 1 is 0.941 bits per heavy atom. The lowest BCUT2D eigenvalue weighted by Gasteiger charge is -2.21. The van der Waals surface area contributed by atoms with E-state index in [2.05, 4.69) is 37.4 Å². The minimum atomic E-state index is -1.79. The van der Waals surface area contributed by atoms with Crippen LogP contribution in [0.25, 0.3) is 0 Å². The van der Waals surface area contributed by atoms with Crippen molar-refractivity contribution >= 4 is 63.9 Å². The molecule has 90 valence electrons. The molecule has 0 aliphatic carbocycles. The molecule has 0 unspecified atom stereocenters. The van der Waals surface area contributed by atoms with Gasteiger partial charge in [0.15, 0.2) is 0 Å². The lowest BCUT2D eigenvalue weighted by Crippen LogP contribution is -2.51. The molecule has 0 aliphatic rings. The van der Waals surface area contributed by atoms with Gasteiger partial charge in [-0.05, 0) is 0 Å². The maximum absolute atomic E-state index is 6.28. The second kappa shape index (κ2) is 4.94. The van der Waals surface area contributed by atoms with Crippen LogP contribution in [0.15, 0.2) is 30.3 Å². The van der Waals surface area contributed by atoms with Crippen LogP contribution in [0, 0.1) is 0 Å². The molecule has 1 aromatic heterocycles. The van der Waals surface area contributed by atoms with E-state index in [1.165, 1.54) is 16.5 Å². The van der Waals surface area contributed by atoms with E-state index in [9.17, 15) is 0 Å². The molecule has 0 N–H and O–H groups in total. The monoisotopic (exact) mass is 320 g/mol. The van der Waals surface area contributed by atoms with Crippen molar-refractivity contribution in [3.63, 3.8) is 0 Å². The van der Waals surface area contributed by atoms with Gasteiger partial charge in [-0.15, -0.1) is 11.3 Å². The highest BCUT2D eigenvalue weighted by Crippen LogP contribution is 2.35. The number of hydrogen-bond donors (Lipinski definition) is 0. The van der Waals surface area contributed by atoms with Gasteiger partial charge in [-0.1, -0.05) is 83.4 Å². The molecule has 0 amide bonds. The summed E-state index contributed by atoms with van der Waals surface area (Å²) in [5.41, 5.74) is 0. The zero-order chi connectivity index (χ0) is 12.6. The van der Waals surface area contributed by atoms with Crippen molar-refractivity contribution in [3.05, 3.63) is 44.7 Å². The van der Waals surface area contributed by atoms with Gasteiger partial charge in [0.05, 0.1) is 10.0 Å². The Morgan fingerprint density at radius 3 is 2.00 bits per heavy atom. The molecule has 0 saturated heterocycles. The first kappa shape index (κ1) is 13.4. The van der Waals surface area contributed by atoms with E-state index in [1.54, 1.807) is 0 Å².